The molecule has 3 heterocycles. The van der Waals surface area contributed by atoms with Crippen molar-refractivity contribution in [3.05, 3.63) is 33.8 Å². The molecule has 2 unspecified atom stereocenters. The summed E-state index contributed by atoms with van der Waals surface area (Å²) in [5.41, 5.74) is 0.853. The topological polar surface area (TPSA) is 99.2 Å². The fourth-order valence-corrected chi connectivity index (χ4v) is 5.95. The maximum absolute atomic E-state index is 13.1. The third-order valence-corrected chi connectivity index (χ3v) is 7.58. The van der Waals surface area contributed by atoms with Gasteiger partial charge in [-0.3, -0.25) is 9.69 Å². The smallest absolute Gasteiger partial charge is 0.357 e. The monoisotopic (exact) mass is 503 g/mol. The van der Waals surface area contributed by atoms with Crippen LogP contribution in [0.3, 0.4) is 0 Å². The molecule has 0 aliphatic carbocycles. The zero-order valence-corrected chi connectivity index (χ0v) is 21.5. The summed E-state index contributed by atoms with van der Waals surface area (Å²) < 4.78 is 21.2. The van der Waals surface area contributed by atoms with Crippen LogP contribution in [0.15, 0.2) is 17.5 Å². The first-order valence-electron chi connectivity index (χ1n) is 12.0. The molecular formula is C25H33N3O6S. The normalized spacial score (nSPS) is 21.8. The number of fused-ring (bicyclic) bond motifs is 2. The summed E-state index contributed by atoms with van der Waals surface area (Å²) in [4.78, 5) is 32.1. The number of nitrogens with zero attached hydrogens (tertiary/aromatic N) is 2. The van der Waals surface area contributed by atoms with E-state index in [-0.39, 0.29) is 17.9 Å². The van der Waals surface area contributed by atoms with Crippen LogP contribution in [0.1, 0.15) is 64.9 Å². The number of hydrogen-bond acceptors (Lipinski definition) is 9. The van der Waals surface area contributed by atoms with Gasteiger partial charge in [0.15, 0.2) is 17.2 Å². The van der Waals surface area contributed by atoms with E-state index in [9.17, 15) is 9.59 Å². The number of benzene rings is 1. The molecule has 2 aromatic rings. The van der Waals surface area contributed by atoms with Gasteiger partial charge in [-0.2, -0.15) is 0 Å². The summed E-state index contributed by atoms with van der Waals surface area (Å²) in [6.45, 7) is 2.84. The van der Waals surface area contributed by atoms with Gasteiger partial charge in [0.1, 0.15) is 5.01 Å². The molecule has 2 aliphatic rings. The zero-order valence-electron chi connectivity index (χ0n) is 20.7. The van der Waals surface area contributed by atoms with E-state index in [0.29, 0.717) is 53.7 Å². The number of amides is 1. The van der Waals surface area contributed by atoms with Crippen LogP contribution in [0.5, 0.6) is 17.2 Å². The van der Waals surface area contributed by atoms with E-state index >= 15 is 0 Å². The van der Waals surface area contributed by atoms with Crippen molar-refractivity contribution in [2.75, 3.05) is 27.9 Å². The van der Waals surface area contributed by atoms with Gasteiger partial charge in [0.25, 0.3) is 5.91 Å². The molecule has 1 N–H and O–H groups in total. The zero-order chi connectivity index (χ0) is 24.9. The summed E-state index contributed by atoms with van der Waals surface area (Å²) in [7, 11) is 4.61. The van der Waals surface area contributed by atoms with Gasteiger partial charge >= 0.3 is 5.97 Å². The molecule has 1 amide bonds. The number of esters is 1. The van der Waals surface area contributed by atoms with Crippen molar-refractivity contribution in [3.8, 4) is 17.2 Å². The Morgan fingerprint density at radius 2 is 1.74 bits per heavy atom. The fraction of sp³-hybridized carbons (Fsp3) is 0.560. The van der Waals surface area contributed by atoms with E-state index in [1.807, 2.05) is 0 Å². The predicted octanol–water partition coefficient (Wildman–Crippen LogP) is 3.66. The third kappa shape index (κ3) is 5.54. The van der Waals surface area contributed by atoms with Crippen LogP contribution in [0.4, 0.5) is 0 Å². The van der Waals surface area contributed by atoms with Gasteiger partial charge in [-0.25, -0.2) is 9.78 Å². The molecule has 2 atom stereocenters. The van der Waals surface area contributed by atoms with Crippen molar-refractivity contribution in [3.63, 3.8) is 0 Å². The van der Waals surface area contributed by atoms with Crippen molar-refractivity contribution in [2.45, 2.75) is 63.7 Å². The van der Waals surface area contributed by atoms with Gasteiger partial charge in [0.05, 0.1) is 34.5 Å². The SMILES string of the molecule is CCOC(=O)c1csc(CN2C3CCCC2CC(NC(=O)c2cc(OC)c(OC)c(OC)c2)C3)n1. The Bertz CT molecular complexity index is 1020. The van der Waals surface area contributed by atoms with E-state index in [1.54, 1.807) is 24.4 Å². The Labute approximate surface area is 209 Å². The first-order chi connectivity index (χ1) is 17.0. The van der Waals surface area contributed by atoms with Gasteiger partial charge in [-0.05, 0) is 44.7 Å². The van der Waals surface area contributed by atoms with Crippen LogP contribution in [-0.4, -0.2) is 67.8 Å². The summed E-state index contributed by atoms with van der Waals surface area (Å²) >= 11 is 1.50. The number of ether oxygens (including phenoxy) is 4. The summed E-state index contributed by atoms with van der Waals surface area (Å²) in [5.74, 6) is 0.842. The van der Waals surface area contributed by atoms with Crippen LogP contribution in [0.25, 0.3) is 0 Å². The highest BCUT2D eigenvalue weighted by molar-refractivity contribution is 7.09. The minimum atomic E-state index is -0.372. The van der Waals surface area contributed by atoms with E-state index in [1.165, 1.54) is 39.1 Å². The number of nitrogens with one attached hydrogen (secondary N) is 1. The number of thiazole rings is 1. The molecule has 0 radical (unpaired) electrons. The Kier molecular flexibility index (Phi) is 8.12. The summed E-state index contributed by atoms with van der Waals surface area (Å²) in [5, 5.41) is 5.92. The Hall–Kier alpha value is -2.85. The lowest BCUT2D eigenvalue weighted by Gasteiger charge is -2.48. The van der Waals surface area contributed by atoms with Crippen molar-refractivity contribution in [1.29, 1.82) is 0 Å². The molecule has 9 nitrogen and oxygen atoms in total. The van der Waals surface area contributed by atoms with Gasteiger partial charge in [0.2, 0.25) is 5.75 Å². The highest BCUT2D eigenvalue weighted by Gasteiger charge is 2.39. The second-order valence-corrected chi connectivity index (χ2v) is 9.76. The Balaban J connectivity index is 1.42. The molecule has 4 rings (SSSR count). The molecule has 2 fully saturated rings. The molecule has 10 heteroatoms. The van der Waals surface area contributed by atoms with Crippen LogP contribution < -0.4 is 19.5 Å². The molecule has 190 valence electrons. The Morgan fingerprint density at radius 1 is 1.09 bits per heavy atom. The first kappa shape index (κ1) is 25.2. The highest BCUT2D eigenvalue weighted by Crippen LogP contribution is 2.39. The van der Waals surface area contributed by atoms with Crippen LogP contribution in [0.2, 0.25) is 0 Å². The molecule has 0 saturated carbocycles. The molecule has 2 bridgehead atoms. The van der Waals surface area contributed by atoms with Gasteiger partial charge < -0.3 is 24.3 Å². The second-order valence-electron chi connectivity index (χ2n) is 8.81. The molecule has 2 aliphatic heterocycles. The summed E-state index contributed by atoms with van der Waals surface area (Å²) in [6, 6.07) is 4.16. The molecule has 35 heavy (non-hydrogen) atoms. The van der Waals surface area contributed by atoms with Crippen LogP contribution in [-0.2, 0) is 11.3 Å². The molecule has 0 spiro atoms. The van der Waals surface area contributed by atoms with E-state index in [2.05, 4.69) is 15.2 Å². The lowest BCUT2D eigenvalue weighted by Crippen LogP contribution is -2.56. The van der Waals surface area contributed by atoms with Gasteiger partial charge in [0, 0.05) is 29.1 Å². The number of piperidine rings is 2. The van der Waals surface area contributed by atoms with Crippen LogP contribution in [0, 0.1) is 0 Å². The molecular weight excluding hydrogens is 470 g/mol. The molecule has 1 aromatic carbocycles. The van der Waals surface area contributed by atoms with Crippen molar-refractivity contribution < 1.29 is 28.5 Å². The van der Waals surface area contributed by atoms with Gasteiger partial charge in [-0.15, -0.1) is 11.3 Å². The number of methoxy groups -OCH3 is 3. The molecule has 1 aromatic heterocycles. The predicted molar refractivity (Wildman–Crippen MR) is 132 cm³/mol. The number of aromatic nitrogens is 1. The lowest BCUT2D eigenvalue weighted by molar-refractivity contribution is 0.0176. The van der Waals surface area contributed by atoms with E-state index in [0.717, 1.165) is 30.7 Å². The van der Waals surface area contributed by atoms with E-state index < -0.39 is 0 Å². The number of carbonyl (C=O) groups is 2. The maximum Gasteiger partial charge on any atom is 0.357 e. The fourth-order valence-electron chi connectivity index (χ4n) is 5.17. The maximum atomic E-state index is 13.1. The standard InChI is InChI=1S/C25H33N3O6S/c1-5-34-25(30)19-14-35-22(27-19)13-28-17-7-6-8-18(28)12-16(11-17)26-24(29)15-9-20(31-2)23(33-4)21(10-15)32-3/h9-10,14,16-18H,5-8,11-13H2,1-4H3,(H,26,29). The number of hydrogen-bond donors (Lipinski definition) is 1. The second kappa shape index (κ2) is 11.3. The number of rotatable bonds is 9. The minimum Gasteiger partial charge on any atom is -0.493 e. The largest absolute Gasteiger partial charge is 0.493 e. The first-order valence-corrected chi connectivity index (χ1v) is 12.8. The highest BCUT2D eigenvalue weighted by atomic mass is 32.1. The minimum absolute atomic E-state index is 0.0829. The quantitative estimate of drug-likeness (QED) is 0.518. The average molecular weight is 504 g/mol. The van der Waals surface area contributed by atoms with Crippen molar-refractivity contribution in [1.82, 2.24) is 15.2 Å². The summed E-state index contributed by atoms with van der Waals surface area (Å²) in [6.07, 6.45) is 5.11. The van der Waals surface area contributed by atoms with Crippen molar-refractivity contribution in [2.24, 2.45) is 0 Å². The van der Waals surface area contributed by atoms with Crippen molar-refractivity contribution >= 4 is 23.2 Å². The number of carbonyl (C=O) groups excluding carboxylic acids is 2. The Morgan fingerprint density at radius 3 is 2.31 bits per heavy atom. The van der Waals surface area contributed by atoms with E-state index in [4.69, 9.17) is 18.9 Å². The lowest BCUT2D eigenvalue weighted by atomic mass is 9.81. The average Bonchev–Trinajstić information content (AvgIpc) is 3.32. The third-order valence-electron chi connectivity index (χ3n) is 6.74. The van der Waals surface area contributed by atoms with Gasteiger partial charge in [-0.1, -0.05) is 6.42 Å². The molecule has 2 saturated heterocycles. The van der Waals surface area contributed by atoms with Crippen LogP contribution >= 0.6 is 11.3 Å².